The van der Waals surface area contributed by atoms with Crippen molar-refractivity contribution in [1.29, 1.82) is 0 Å². The van der Waals surface area contributed by atoms with Gasteiger partial charge in [0.25, 0.3) is 0 Å². The lowest BCUT2D eigenvalue weighted by Crippen LogP contribution is -2.35. The number of nitrogens with one attached hydrogen (secondary N) is 1. The van der Waals surface area contributed by atoms with Gasteiger partial charge in [0, 0.05) is 18.4 Å². The minimum atomic E-state index is -3.62. The van der Waals surface area contributed by atoms with Crippen molar-refractivity contribution in [2.75, 3.05) is 0 Å². The van der Waals surface area contributed by atoms with Crippen LogP contribution in [0, 0.1) is 0 Å². The number of aromatic nitrogens is 2. The van der Waals surface area contributed by atoms with Gasteiger partial charge >= 0.3 is 0 Å². The van der Waals surface area contributed by atoms with Crippen LogP contribution in [-0.4, -0.2) is 24.2 Å². The van der Waals surface area contributed by atoms with Crippen molar-refractivity contribution in [2.45, 2.75) is 24.4 Å². The molecule has 5 nitrogen and oxygen atoms in total. The molecule has 1 aromatic heterocycles. The van der Waals surface area contributed by atoms with E-state index in [1.165, 1.54) is 6.07 Å². The highest BCUT2D eigenvalue weighted by Crippen LogP contribution is 2.20. The molecule has 0 radical (unpaired) electrons. The summed E-state index contributed by atoms with van der Waals surface area (Å²) in [7, 11) is -3.62. The summed E-state index contributed by atoms with van der Waals surface area (Å²) in [5.41, 5.74) is 0. The first-order valence-electron chi connectivity index (χ1n) is 5.73. The van der Waals surface area contributed by atoms with Gasteiger partial charge in [0.2, 0.25) is 10.0 Å². The van der Waals surface area contributed by atoms with Gasteiger partial charge in [-0.15, -0.1) is 0 Å². The van der Waals surface area contributed by atoms with E-state index in [9.17, 15) is 8.42 Å². The molecule has 0 saturated carbocycles. The van der Waals surface area contributed by atoms with Gasteiger partial charge in [0.1, 0.15) is 4.90 Å². The average molecular weight is 300 g/mol. The molecule has 0 spiro atoms. The number of hydrogen-bond donors (Lipinski definition) is 1. The van der Waals surface area contributed by atoms with Crippen LogP contribution in [-0.2, 0) is 16.6 Å². The summed E-state index contributed by atoms with van der Waals surface area (Å²) in [5.74, 6) is 0. The molecule has 0 saturated heterocycles. The Morgan fingerprint density at radius 3 is 2.74 bits per heavy atom. The van der Waals surface area contributed by atoms with E-state index < -0.39 is 10.0 Å². The minimum absolute atomic E-state index is 0.0870. The minimum Gasteiger partial charge on any atom is -0.271 e. The maximum atomic E-state index is 12.2. The topological polar surface area (TPSA) is 64.0 Å². The molecule has 7 heteroatoms. The van der Waals surface area contributed by atoms with E-state index in [-0.39, 0.29) is 16.0 Å². The molecule has 0 aliphatic heterocycles. The fourth-order valence-corrected chi connectivity index (χ4v) is 3.47. The molecule has 1 heterocycles. The van der Waals surface area contributed by atoms with Gasteiger partial charge in [-0.05, 0) is 25.1 Å². The fraction of sp³-hybridized carbons (Fsp3) is 0.250. The number of rotatable bonds is 5. The standard InChI is InChI=1S/C12H14ClN3O2S/c1-10(9-16-8-4-7-14-16)15-19(17,18)12-6-3-2-5-11(12)13/h2-8,10,15H,9H2,1H3/t10-/m0/s1. The van der Waals surface area contributed by atoms with Gasteiger partial charge in [0.05, 0.1) is 11.6 Å². The molecule has 2 rings (SSSR count). The highest BCUT2D eigenvalue weighted by Gasteiger charge is 2.20. The average Bonchev–Trinajstić information content (AvgIpc) is 2.81. The molecule has 0 aliphatic carbocycles. The van der Waals surface area contributed by atoms with Crippen LogP contribution in [0.5, 0.6) is 0 Å². The first kappa shape index (κ1) is 14.0. The molecule has 19 heavy (non-hydrogen) atoms. The number of sulfonamides is 1. The largest absolute Gasteiger partial charge is 0.271 e. The second-order valence-corrected chi connectivity index (χ2v) is 6.27. The van der Waals surface area contributed by atoms with Crippen LogP contribution in [0.25, 0.3) is 0 Å². The van der Waals surface area contributed by atoms with Gasteiger partial charge in [0.15, 0.2) is 0 Å². The second kappa shape index (κ2) is 5.73. The maximum absolute atomic E-state index is 12.2. The van der Waals surface area contributed by atoms with Crippen molar-refractivity contribution in [1.82, 2.24) is 14.5 Å². The third-order valence-electron chi connectivity index (χ3n) is 2.50. The molecule has 0 aliphatic rings. The molecular formula is C12H14ClN3O2S. The Morgan fingerprint density at radius 1 is 1.37 bits per heavy atom. The molecule has 102 valence electrons. The van der Waals surface area contributed by atoms with E-state index in [4.69, 9.17) is 11.6 Å². The van der Waals surface area contributed by atoms with E-state index in [2.05, 4.69) is 9.82 Å². The van der Waals surface area contributed by atoms with E-state index in [1.807, 2.05) is 0 Å². The van der Waals surface area contributed by atoms with Crippen molar-refractivity contribution < 1.29 is 8.42 Å². The third kappa shape index (κ3) is 3.56. The Hall–Kier alpha value is -1.37. The predicted molar refractivity (Wildman–Crippen MR) is 73.5 cm³/mol. The predicted octanol–water partition coefficient (Wildman–Crippen LogP) is 1.90. The SMILES string of the molecule is C[C@@H](Cn1cccn1)NS(=O)(=O)c1ccccc1Cl. The molecule has 1 atom stereocenters. The van der Waals surface area contributed by atoms with Crippen molar-refractivity contribution >= 4 is 21.6 Å². The van der Waals surface area contributed by atoms with Crippen LogP contribution in [0.2, 0.25) is 5.02 Å². The van der Waals surface area contributed by atoms with Crippen LogP contribution in [0.1, 0.15) is 6.92 Å². The number of hydrogen-bond acceptors (Lipinski definition) is 3. The van der Waals surface area contributed by atoms with E-state index in [0.717, 1.165) is 0 Å². The lowest BCUT2D eigenvalue weighted by atomic mass is 10.4. The second-order valence-electron chi connectivity index (χ2n) is 4.18. The van der Waals surface area contributed by atoms with Crippen LogP contribution >= 0.6 is 11.6 Å². The Balaban J connectivity index is 2.11. The number of halogens is 1. The molecule has 0 bridgehead atoms. The lowest BCUT2D eigenvalue weighted by Gasteiger charge is -2.15. The molecule has 0 unspecified atom stereocenters. The fourth-order valence-electron chi connectivity index (χ4n) is 1.72. The molecule has 0 amide bonds. The summed E-state index contributed by atoms with van der Waals surface area (Å²) in [4.78, 5) is 0.0870. The summed E-state index contributed by atoms with van der Waals surface area (Å²) in [6.45, 7) is 2.23. The van der Waals surface area contributed by atoms with Crippen LogP contribution in [0.4, 0.5) is 0 Å². The van der Waals surface area contributed by atoms with Crippen LogP contribution < -0.4 is 4.72 Å². The zero-order valence-electron chi connectivity index (χ0n) is 10.3. The Bertz CT molecular complexity index is 641. The van der Waals surface area contributed by atoms with Crippen LogP contribution in [0.3, 0.4) is 0 Å². The normalized spacial score (nSPS) is 13.4. The van der Waals surface area contributed by atoms with Crippen LogP contribution in [0.15, 0.2) is 47.6 Å². The van der Waals surface area contributed by atoms with Gasteiger partial charge in [-0.25, -0.2) is 13.1 Å². The quantitative estimate of drug-likeness (QED) is 0.917. The zero-order valence-corrected chi connectivity index (χ0v) is 11.9. The summed E-state index contributed by atoms with van der Waals surface area (Å²) in [6.07, 6.45) is 3.43. The Labute approximate surface area is 117 Å². The van der Waals surface area contributed by atoms with Gasteiger partial charge < -0.3 is 0 Å². The lowest BCUT2D eigenvalue weighted by molar-refractivity contribution is 0.494. The van der Waals surface area contributed by atoms with E-state index >= 15 is 0 Å². The number of benzene rings is 1. The summed E-state index contributed by atoms with van der Waals surface area (Å²) in [5, 5.41) is 4.24. The Kier molecular flexibility index (Phi) is 4.24. The monoisotopic (exact) mass is 299 g/mol. The molecule has 1 N–H and O–H groups in total. The zero-order chi connectivity index (χ0) is 13.9. The highest BCUT2D eigenvalue weighted by atomic mass is 35.5. The molecule has 2 aromatic rings. The van der Waals surface area contributed by atoms with Gasteiger partial charge in [-0.1, -0.05) is 23.7 Å². The van der Waals surface area contributed by atoms with E-state index in [1.54, 1.807) is 48.3 Å². The van der Waals surface area contributed by atoms with E-state index in [0.29, 0.717) is 6.54 Å². The first-order valence-corrected chi connectivity index (χ1v) is 7.59. The first-order chi connectivity index (χ1) is 8.99. The van der Waals surface area contributed by atoms with Crippen molar-refractivity contribution in [3.05, 3.63) is 47.7 Å². The van der Waals surface area contributed by atoms with Crippen molar-refractivity contribution in [2.24, 2.45) is 0 Å². The van der Waals surface area contributed by atoms with Gasteiger partial charge in [-0.3, -0.25) is 4.68 Å². The van der Waals surface area contributed by atoms with Crippen molar-refractivity contribution in [3.8, 4) is 0 Å². The Morgan fingerprint density at radius 2 is 2.11 bits per heavy atom. The third-order valence-corrected chi connectivity index (χ3v) is 4.59. The smallest absolute Gasteiger partial charge is 0.242 e. The summed E-state index contributed by atoms with van der Waals surface area (Å²) in [6, 6.07) is 7.85. The maximum Gasteiger partial charge on any atom is 0.242 e. The summed E-state index contributed by atoms with van der Waals surface area (Å²) >= 11 is 5.90. The summed E-state index contributed by atoms with van der Waals surface area (Å²) < 4.78 is 28.6. The molecule has 1 aromatic carbocycles. The molecular weight excluding hydrogens is 286 g/mol. The molecule has 0 fully saturated rings. The van der Waals surface area contributed by atoms with Gasteiger partial charge in [-0.2, -0.15) is 5.10 Å². The number of nitrogens with zero attached hydrogens (tertiary/aromatic N) is 2. The highest BCUT2D eigenvalue weighted by molar-refractivity contribution is 7.89. The van der Waals surface area contributed by atoms with Crippen molar-refractivity contribution in [3.63, 3.8) is 0 Å².